The minimum Gasteiger partial charge on any atom is -0.469 e. The van der Waals surface area contributed by atoms with E-state index in [0.717, 1.165) is 24.0 Å². The summed E-state index contributed by atoms with van der Waals surface area (Å²) in [5.74, 6) is 0.661. The standard InChI is InChI=1S/C33H39N3O7/c1-3-4-15-27(22-41-33(39)36(20-24-11-7-5-8-12-24)21-25-13-9-6-10-14-25)34-32(38)35-28(19-31(37)40-2)26-16-17-29-30(18-26)43-23-42-29/h5-14,16-18,27-28H,3-4,15,19-23H2,1-2H3,(H2,34,35,38). The van der Waals surface area contributed by atoms with Gasteiger partial charge in [-0.2, -0.15) is 0 Å². The van der Waals surface area contributed by atoms with E-state index in [1.807, 2.05) is 60.7 Å². The number of nitrogens with one attached hydrogen (secondary N) is 2. The number of nitrogens with zero attached hydrogens (tertiary/aromatic N) is 1. The lowest BCUT2D eigenvalue weighted by atomic mass is 10.0. The van der Waals surface area contributed by atoms with Gasteiger partial charge in [-0.15, -0.1) is 0 Å². The first kappa shape index (κ1) is 31.2. The number of amides is 3. The minimum atomic E-state index is -0.677. The van der Waals surface area contributed by atoms with Crippen molar-refractivity contribution >= 4 is 18.1 Å². The van der Waals surface area contributed by atoms with Crippen LogP contribution in [-0.4, -0.2) is 49.5 Å². The molecule has 0 saturated carbocycles. The molecular weight excluding hydrogens is 550 g/mol. The largest absolute Gasteiger partial charge is 0.469 e. The first-order valence-electron chi connectivity index (χ1n) is 14.5. The van der Waals surface area contributed by atoms with Gasteiger partial charge in [-0.25, -0.2) is 9.59 Å². The summed E-state index contributed by atoms with van der Waals surface area (Å²) in [6.07, 6.45) is 1.80. The molecule has 10 nitrogen and oxygen atoms in total. The van der Waals surface area contributed by atoms with E-state index in [2.05, 4.69) is 17.6 Å². The predicted molar refractivity (Wildman–Crippen MR) is 160 cm³/mol. The number of hydrogen-bond acceptors (Lipinski definition) is 7. The van der Waals surface area contributed by atoms with Crippen molar-refractivity contribution in [3.05, 3.63) is 95.6 Å². The molecule has 2 N–H and O–H groups in total. The highest BCUT2D eigenvalue weighted by molar-refractivity contribution is 5.77. The number of hydrogen-bond donors (Lipinski definition) is 2. The number of benzene rings is 3. The molecule has 1 heterocycles. The summed E-state index contributed by atoms with van der Waals surface area (Å²) in [5.41, 5.74) is 2.63. The Morgan fingerprint density at radius 1 is 0.884 bits per heavy atom. The maximum atomic E-state index is 13.3. The van der Waals surface area contributed by atoms with Crippen molar-refractivity contribution in [2.75, 3.05) is 20.5 Å². The van der Waals surface area contributed by atoms with E-state index in [0.29, 0.717) is 36.6 Å². The van der Waals surface area contributed by atoms with Crippen LogP contribution in [-0.2, 0) is 27.4 Å². The molecule has 228 valence electrons. The molecular formula is C33H39N3O7. The molecule has 3 aromatic carbocycles. The van der Waals surface area contributed by atoms with Crippen LogP contribution in [0.3, 0.4) is 0 Å². The molecule has 2 unspecified atom stereocenters. The van der Waals surface area contributed by atoms with Crippen LogP contribution in [0.1, 0.15) is 55.3 Å². The van der Waals surface area contributed by atoms with Gasteiger partial charge >= 0.3 is 18.1 Å². The molecule has 0 aliphatic carbocycles. The highest BCUT2D eigenvalue weighted by Crippen LogP contribution is 2.35. The van der Waals surface area contributed by atoms with Crippen molar-refractivity contribution in [1.29, 1.82) is 0 Å². The molecule has 43 heavy (non-hydrogen) atoms. The molecule has 3 aromatic rings. The van der Waals surface area contributed by atoms with Gasteiger partial charge in [-0.05, 0) is 35.2 Å². The summed E-state index contributed by atoms with van der Waals surface area (Å²) in [6, 6.07) is 23.1. The summed E-state index contributed by atoms with van der Waals surface area (Å²) < 4.78 is 21.5. The number of urea groups is 1. The average molecular weight is 590 g/mol. The number of methoxy groups -OCH3 is 1. The number of carbonyl (C=O) groups excluding carboxylic acids is 3. The van der Waals surface area contributed by atoms with E-state index in [1.54, 1.807) is 23.1 Å². The number of unbranched alkanes of at least 4 members (excludes halogenated alkanes) is 1. The smallest absolute Gasteiger partial charge is 0.410 e. The highest BCUT2D eigenvalue weighted by atomic mass is 16.7. The molecule has 0 aromatic heterocycles. The zero-order valence-corrected chi connectivity index (χ0v) is 24.6. The monoisotopic (exact) mass is 589 g/mol. The van der Waals surface area contributed by atoms with Gasteiger partial charge in [0.05, 0.1) is 25.6 Å². The van der Waals surface area contributed by atoms with E-state index < -0.39 is 30.2 Å². The third-order valence-corrected chi connectivity index (χ3v) is 7.04. The highest BCUT2D eigenvalue weighted by Gasteiger charge is 2.24. The third kappa shape index (κ3) is 9.66. The van der Waals surface area contributed by atoms with E-state index >= 15 is 0 Å². The van der Waals surface area contributed by atoms with Gasteiger partial charge in [0.2, 0.25) is 6.79 Å². The Bertz CT molecular complexity index is 1300. The minimum absolute atomic E-state index is 0.00196. The maximum Gasteiger partial charge on any atom is 0.410 e. The van der Waals surface area contributed by atoms with E-state index in [4.69, 9.17) is 18.9 Å². The molecule has 3 amide bonds. The van der Waals surface area contributed by atoms with Gasteiger partial charge in [0.1, 0.15) is 6.61 Å². The lowest BCUT2D eigenvalue weighted by Gasteiger charge is -2.26. The van der Waals surface area contributed by atoms with Crippen molar-refractivity contribution in [3.8, 4) is 11.5 Å². The number of fused-ring (bicyclic) bond motifs is 1. The SMILES string of the molecule is CCCCC(COC(=O)N(Cc1ccccc1)Cc1ccccc1)NC(=O)NC(CC(=O)OC)c1ccc2c(c1)OCO2. The normalized spacial score (nSPS) is 13.0. The van der Waals surface area contributed by atoms with Crippen LogP contribution >= 0.6 is 0 Å². The summed E-state index contributed by atoms with van der Waals surface area (Å²) in [5, 5.41) is 5.81. The fourth-order valence-corrected chi connectivity index (χ4v) is 4.72. The van der Waals surface area contributed by atoms with Crippen molar-refractivity contribution in [1.82, 2.24) is 15.5 Å². The van der Waals surface area contributed by atoms with Gasteiger partial charge < -0.3 is 29.6 Å². The van der Waals surface area contributed by atoms with Crippen LogP contribution in [0.2, 0.25) is 0 Å². The predicted octanol–water partition coefficient (Wildman–Crippen LogP) is 5.72. The van der Waals surface area contributed by atoms with Gasteiger partial charge in [-0.1, -0.05) is 86.5 Å². The second kappa shape index (κ2) is 16.1. The molecule has 0 spiro atoms. The van der Waals surface area contributed by atoms with Crippen LogP contribution in [0, 0.1) is 0 Å². The lowest BCUT2D eigenvalue weighted by Crippen LogP contribution is -2.46. The third-order valence-electron chi connectivity index (χ3n) is 7.04. The summed E-state index contributed by atoms with van der Waals surface area (Å²) >= 11 is 0. The van der Waals surface area contributed by atoms with Crippen LogP contribution < -0.4 is 20.1 Å². The van der Waals surface area contributed by atoms with Gasteiger partial charge in [0, 0.05) is 13.1 Å². The van der Waals surface area contributed by atoms with Crippen molar-refractivity contribution in [2.24, 2.45) is 0 Å². The Balaban J connectivity index is 1.41. The van der Waals surface area contributed by atoms with Crippen LogP contribution in [0.25, 0.3) is 0 Å². The number of ether oxygens (including phenoxy) is 4. The van der Waals surface area contributed by atoms with Crippen molar-refractivity contribution in [2.45, 2.75) is 57.8 Å². The molecule has 0 fully saturated rings. The lowest BCUT2D eigenvalue weighted by molar-refractivity contribution is -0.141. The Kier molecular flexibility index (Phi) is 11.6. The Morgan fingerprint density at radius 3 is 2.16 bits per heavy atom. The first-order chi connectivity index (χ1) is 20.9. The fraction of sp³-hybridized carbons (Fsp3) is 0.364. The molecule has 4 rings (SSSR count). The average Bonchev–Trinajstić information content (AvgIpc) is 3.50. The van der Waals surface area contributed by atoms with Gasteiger partial charge in [0.25, 0.3) is 0 Å². The molecule has 2 atom stereocenters. The Labute approximate surface area is 252 Å². The van der Waals surface area contributed by atoms with Gasteiger partial charge in [-0.3, -0.25) is 9.69 Å². The van der Waals surface area contributed by atoms with E-state index in [-0.39, 0.29) is 19.8 Å². The second-order valence-electron chi connectivity index (χ2n) is 10.3. The quantitative estimate of drug-likeness (QED) is 0.231. The molecule has 1 aliphatic rings. The molecule has 1 aliphatic heterocycles. The number of carbonyl (C=O) groups is 3. The fourth-order valence-electron chi connectivity index (χ4n) is 4.72. The summed E-state index contributed by atoms with van der Waals surface area (Å²) in [6.45, 7) is 2.93. The second-order valence-corrected chi connectivity index (χ2v) is 10.3. The topological polar surface area (TPSA) is 115 Å². The molecule has 10 heteroatoms. The molecule has 0 saturated heterocycles. The Morgan fingerprint density at radius 2 is 1.53 bits per heavy atom. The number of rotatable bonds is 14. The summed E-state index contributed by atoms with van der Waals surface area (Å²) in [7, 11) is 1.30. The van der Waals surface area contributed by atoms with Crippen molar-refractivity contribution in [3.63, 3.8) is 0 Å². The zero-order valence-electron chi connectivity index (χ0n) is 24.6. The maximum absolute atomic E-state index is 13.3. The van der Waals surface area contributed by atoms with Crippen LogP contribution in [0.4, 0.5) is 9.59 Å². The van der Waals surface area contributed by atoms with Crippen molar-refractivity contribution < 1.29 is 33.3 Å². The summed E-state index contributed by atoms with van der Waals surface area (Å²) in [4.78, 5) is 40.3. The van der Waals surface area contributed by atoms with Crippen LogP contribution in [0.5, 0.6) is 11.5 Å². The van der Waals surface area contributed by atoms with Crippen LogP contribution in [0.15, 0.2) is 78.9 Å². The van der Waals surface area contributed by atoms with Gasteiger partial charge in [0.15, 0.2) is 11.5 Å². The molecule has 0 radical (unpaired) electrons. The van der Waals surface area contributed by atoms with E-state index in [1.165, 1.54) is 7.11 Å². The van der Waals surface area contributed by atoms with E-state index in [9.17, 15) is 14.4 Å². The zero-order chi connectivity index (χ0) is 30.4. The first-order valence-corrected chi connectivity index (χ1v) is 14.5. The Hall–Kier alpha value is -4.73. The number of esters is 1. The molecule has 0 bridgehead atoms.